The molecule has 1 N–H and O–H groups in total. The van der Waals surface area contributed by atoms with E-state index in [-0.39, 0.29) is 0 Å². The smallest absolute Gasteiger partial charge is 0.241 e. The summed E-state index contributed by atoms with van der Waals surface area (Å²) in [4.78, 5) is 15.5. The SMILES string of the molecule is CN(C)[C@H]1C[C@H](Nc2ncc3c(-c4ccc5nccnc5c4)ccn3n2)C1. The minimum absolute atomic E-state index is 0.448. The van der Waals surface area contributed by atoms with Crippen LogP contribution in [-0.4, -0.2) is 55.6 Å². The van der Waals surface area contributed by atoms with Crippen LogP contribution < -0.4 is 5.32 Å². The van der Waals surface area contributed by atoms with E-state index in [1.54, 1.807) is 12.4 Å². The molecule has 7 nitrogen and oxygen atoms in total. The summed E-state index contributed by atoms with van der Waals surface area (Å²) in [6, 6.07) is 9.28. The second kappa shape index (κ2) is 6.28. The van der Waals surface area contributed by atoms with Gasteiger partial charge in [-0.2, -0.15) is 0 Å². The molecule has 27 heavy (non-hydrogen) atoms. The van der Waals surface area contributed by atoms with Gasteiger partial charge in [0.25, 0.3) is 0 Å². The van der Waals surface area contributed by atoms with Gasteiger partial charge < -0.3 is 10.2 Å². The fourth-order valence-electron chi connectivity index (χ4n) is 3.65. The van der Waals surface area contributed by atoms with Crippen molar-refractivity contribution in [3.05, 3.63) is 49.1 Å². The van der Waals surface area contributed by atoms with E-state index in [1.807, 2.05) is 23.0 Å². The van der Waals surface area contributed by atoms with Crippen LogP contribution in [0.25, 0.3) is 27.7 Å². The van der Waals surface area contributed by atoms with Crippen LogP contribution in [-0.2, 0) is 0 Å². The molecule has 1 fully saturated rings. The van der Waals surface area contributed by atoms with Crippen molar-refractivity contribution >= 4 is 22.5 Å². The first-order chi connectivity index (χ1) is 13.2. The number of aromatic nitrogens is 5. The quantitative estimate of drug-likeness (QED) is 0.604. The van der Waals surface area contributed by atoms with E-state index in [0.717, 1.165) is 40.5 Å². The molecule has 1 aliphatic rings. The molecule has 0 spiro atoms. The second-order valence-corrected chi connectivity index (χ2v) is 7.33. The largest absolute Gasteiger partial charge is 0.350 e. The number of anilines is 1. The molecule has 5 rings (SSSR count). The van der Waals surface area contributed by atoms with Gasteiger partial charge in [-0.15, -0.1) is 5.10 Å². The molecule has 0 saturated heterocycles. The third-order valence-corrected chi connectivity index (χ3v) is 5.37. The molecular formula is C20H21N7. The van der Waals surface area contributed by atoms with E-state index >= 15 is 0 Å². The normalized spacial score (nSPS) is 19.5. The van der Waals surface area contributed by atoms with Gasteiger partial charge in [0.2, 0.25) is 5.95 Å². The highest BCUT2D eigenvalue weighted by Gasteiger charge is 2.30. The molecule has 0 aliphatic heterocycles. The van der Waals surface area contributed by atoms with Gasteiger partial charge in [0.05, 0.1) is 22.7 Å². The van der Waals surface area contributed by atoms with Crippen LogP contribution >= 0.6 is 0 Å². The Bertz CT molecular complexity index is 1110. The van der Waals surface area contributed by atoms with Gasteiger partial charge in [0, 0.05) is 36.2 Å². The van der Waals surface area contributed by atoms with Gasteiger partial charge in [-0.1, -0.05) is 6.07 Å². The molecule has 1 aliphatic carbocycles. The summed E-state index contributed by atoms with van der Waals surface area (Å²) in [5.74, 6) is 0.677. The molecular weight excluding hydrogens is 338 g/mol. The van der Waals surface area contributed by atoms with Crippen molar-refractivity contribution in [1.29, 1.82) is 0 Å². The molecule has 136 valence electrons. The van der Waals surface area contributed by atoms with Crippen molar-refractivity contribution in [2.75, 3.05) is 19.4 Å². The van der Waals surface area contributed by atoms with Crippen LogP contribution in [0.1, 0.15) is 12.8 Å². The Balaban J connectivity index is 1.41. The standard InChI is InChI=1S/C20H21N7/c1-26(2)15-10-14(11-15)24-20-23-12-19-16(5-8-27(19)25-20)13-3-4-17-18(9-13)22-7-6-21-17/h3-9,12,14-15H,10-11H2,1-2H3,(H,24,25)/t14-,15-. The number of nitrogens with one attached hydrogen (secondary N) is 1. The predicted octanol–water partition coefficient (Wildman–Crippen LogP) is 2.84. The van der Waals surface area contributed by atoms with Crippen molar-refractivity contribution in [1.82, 2.24) is 29.5 Å². The van der Waals surface area contributed by atoms with E-state index in [0.29, 0.717) is 18.0 Å². The Morgan fingerprint density at radius 1 is 1.04 bits per heavy atom. The molecule has 7 heteroatoms. The third-order valence-electron chi connectivity index (χ3n) is 5.37. The van der Waals surface area contributed by atoms with Gasteiger partial charge in [0.1, 0.15) is 0 Å². The highest BCUT2D eigenvalue weighted by atomic mass is 15.3. The monoisotopic (exact) mass is 359 g/mol. The molecule has 4 aromatic rings. The summed E-state index contributed by atoms with van der Waals surface area (Å²) < 4.78 is 1.88. The van der Waals surface area contributed by atoms with E-state index < -0.39 is 0 Å². The second-order valence-electron chi connectivity index (χ2n) is 7.33. The number of benzene rings is 1. The maximum Gasteiger partial charge on any atom is 0.241 e. The van der Waals surface area contributed by atoms with Crippen LogP contribution in [0.4, 0.5) is 5.95 Å². The molecule has 1 aromatic carbocycles. The van der Waals surface area contributed by atoms with Crippen molar-refractivity contribution < 1.29 is 0 Å². The Labute approximate surface area is 157 Å². The number of rotatable bonds is 4. The highest BCUT2D eigenvalue weighted by Crippen LogP contribution is 2.29. The lowest BCUT2D eigenvalue weighted by atomic mass is 9.86. The lowest BCUT2D eigenvalue weighted by Crippen LogP contribution is -2.47. The molecule has 0 radical (unpaired) electrons. The van der Waals surface area contributed by atoms with E-state index in [2.05, 4.69) is 62.6 Å². The van der Waals surface area contributed by atoms with Gasteiger partial charge in [-0.3, -0.25) is 9.97 Å². The number of nitrogens with zero attached hydrogens (tertiary/aromatic N) is 6. The Morgan fingerprint density at radius 3 is 2.67 bits per heavy atom. The molecule has 3 aromatic heterocycles. The van der Waals surface area contributed by atoms with Crippen molar-refractivity contribution in [3.8, 4) is 11.1 Å². The third kappa shape index (κ3) is 2.90. The summed E-state index contributed by atoms with van der Waals surface area (Å²) in [5.41, 5.74) is 4.93. The Morgan fingerprint density at radius 2 is 1.85 bits per heavy atom. The number of hydrogen-bond donors (Lipinski definition) is 1. The molecule has 0 bridgehead atoms. The van der Waals surface area contributed by atoms with Crippen molar-refractivity contribution in [2.24, 2.45) is 0 Å². The fraction of sp³-hybridized carbons (Fsp3) is 0.300. The molecule has 1 saturated carbocycles. The van der Waals surface area contributed by atoms with Gasteiger partial charge in [0.15, 0.2) is 0 Å². The molecule has 3 heterocycles. The van der Waals surface area contributed by atoms with E-state index in [1.165, 1.54) is 0 Å². The topological polar surface area (TPSA) is 71.2 Å². The fourth-order valence-corrected chi connectivity index (χ4v) is 3.65. The van der Waals surface area contributed by atoms with Crippen LogP contribution in [0, 0.1) is 0 Å². The summed E-state index contributed by atoms with van der Waals surface area (Å²) in [6.07, 6.45) is 9.54. The first kappa shape index (κ1) is 16.1. The zero-order chi connectivity index (χ0) is 18.4. The maximum atomic E-state index is 4.63. The first-order valence-electron chi connectivity index (χ1n) is 9.16. The minimum Gasteiger partial charge on any atom is -0.350 e. The summed E-state index contributed by atoms with van der Waals surface area (Å²) in [6.45, 7) is 0. The average Bonchev–Trinajstić information content (AvgIpc) is 3.07. The predicted molar refractivity (Wildman–Crippen MR) is 106 cm³/mol. The molecule has 0 amide bonds. The molecule has 0 atom stereocenters. The summed E-state index contributed by atoms with van der Waals surface area (Å²) in [5, 5.41) is 8.07. The average molecular weight is 359 g/mol. The lowest BCUT2D eigenvalue weighted by Gasteiger charge is -2.39. The van der Waals surface area contributed by atoms with Gasteiger partial charge in [-0.05, 0) is 50.7 Å². The minimum atomic E-state index is 0.448. The van der Waals surface area contributed by atoms with Crippen LogP contribution in [0.3, 0.4) is 0 Å². The summed E-state index contributed by atoms with van der Waals surface area (Å²) in [7, 11) is 4.26. The van der Waals surface area contributed by atoms with E-state index in [4.69, 9.17) is 0 Å². The maximum absolute atomic E-state index is 4.63. The zero-order valence-corrected chi connectivity index (χ0v) is 15.4. The van der Waals surface area contributed by atoms with Gasteiger partial charge in [-0.25, -0.2) is 9.50 Å². The molecule has 0 unspecified atom stereocenters. The summed E-state index contributed by atoms with van der Waals surface area (Å²) >= 11 is 0. The zero-order valence-electron chi connectivity index (χ0n) is 15.4. The Kier molecular flexibility index (Phi) is 3.75. The van der Waals surface area contributed by atoms with Crippen molar-refractivity contribution in [3.63, 3.8) is 0 Å². The van der Waals surface area contributed by atoms with Crippen LogP contribution in [0.15, 0.2) is 49.1 Å². The Hall–Kier alpha value is -3.06. The number of hydrogen-bond acceptors (Lipinski definition) is 6. The van der Waals surface area contributed by atoms with Crippen LogP contribution in [0.5, 0.6) is 0 Å². The highest BCUT2D eigenvalue weighted by molar-refractivity contribution is 5.86. The first-order valence-corrected chi connectivity index (χ1v) is 9.16. The van der Waals surface area contributed by atoms with Crippen molar-refractivity contribution in [2.45, 2.75) is 24.9 Å². The number of fused-ring (bicyclic) bond motifs is 2. The van der Waals surface area contributed by atoms with Gasteiger partial charge >= 0.3 is 0 Å². The van der Waals surface area contributed by atoms with Crippen LogP contribution in [0.2, 0.25) is 0 Å². The van der Waals surface area contributed by atoms with E-state index in [9.17, 15) is 0 Å². The lowest BCUT2D eigenvalue weighted by molar-refractivity contribution is 0.177.